The van der Waals surface area contributed by atoms with Gasteiger partial charge in [-0.25, -0.2) is 0 Å². The van der Waals surface area contributed by atoms with Gasteiger partial charge in [-0.2, -0.15) is 0 Å². The molecule has 0 aliphatic heterocycles. The number of ether oxygens (including phenoxy) is 2. The Balaban J connectivity index is 1.92. The van der Waals surface area contributed by atoms with Gasteiger partial charge >= 0.3 is 0 Å². The first-order chi connectivity index (χ1) is 12.3. The molecule has 1 N–H and O–H groups in total. The summed E-state index contributed by atoms with van der Waals surface area (Å²) in [5.74, 6) is 0.822. The lowest BCUT2D eigenvalue weighted by Gasteiger charge is -2.21. The molecule has 1 atom stereocenters. The maximum Gasteiger partial charge on any atom is 0.120 e. The molecule has 3 aromatic carbocycles. The molecule has 0 aromatic heterocycles. The topological polar surface area (TPSA) is 30.5 Å². The number of nitrogens with one attached hydrogen (secondary N) is 1. The highest BCUT2D eigenvalue weighted by Gasteiger charge is 2.17. The number of rotatable bonds is 7. The minimum absolute atomic E-state index is 0.134. The third-order valence-corrected chi connectivity index (χ3v) is 4.21. The molecule has 3 aromatic rings. The maximum absolute atomic E-state index is 5.81. The average Bonchev–Trinajstić information content (AvgIpc) is 2.69. The lowest BCUT2D eigenvalue weighted by atomic mass is 9.99. The summed E-state index contributed by atoms with van der Waals surface area (Å²) >= 11 is 0. The molecule has 0 radical (unpaired) electrons. The van der Waals surface area contributed by atoms with Crippen molar-refractivity contribution in [1.29, 1.82) is 0 Å². The van der Waals surface area contributed by atoms with Crippen LogP contribution in [0.2, 0.25) is 0 Å². The second-order valence-corrected chi connectivity index (χ2v) is 5.82. The van der Waals surface area contributed by atoms with E-state index in [0.29, 0.717) is 0 Å². The second-order valence-electron chi connectivity index (χ2n) is 5.82. The van der Waals surface area contributed by atoms with Crippen LogP contribution in [0.4, 0.5) is 5.69 Å². The standard InChI is InChI=1S/C22H23NO2/c1-24-19-13-14-20(22(25-2)18-11-7-4-8-12-18)21(15-19)23-16-17-9-5-3-6-10-17/h3-15,22-23H,16H2,1-2H3. The first-order valence-electron chi connectivity index (χ1n) is 8.35. The number of anilines is 1. The van der Waals surface area contributed by atoms with E-state index in [1.807, 2.05) is 48.5 Å². The van der Waals surface area contributed by atoms with E-state index in [1.165, 1.54) is 5.56 Å². The van der Waals surface area contributed by atoms with E-state index < -0.39 is 0 Å². The van der Waals surface area contributed by atoms with Gasteiger partial charge in [-0.1, -0.05) is 66.7 Å². The van der Waals surface area contributed by atoms with Crippen molar-refractivity contribution in [2.24, 2.45) is 0 Å². The molecule has 0 spiro atoms. The van der Waals surface area contributed by atoms with Crippen LogP contribution < -0.4 is 10.1 Å². The normalized spacial score (nSPS) is 11.8. The summed E-state index contributed by atoms with van der Waals surface area (Å²) in [6.07, 6.45) is -0.134. The first kappa shape index (κ1) is 17.1. The van der Waals surface area contributed by atoms with Gasteiger partial charge in [0, 0.05) is 31.0 Å². The molecule has 3 heteroatoms. The Bertz CT molecular complexity index is 788. The summed E-state index contributed by atoms with van der Waals surface area (Å²) in [4.78, 5) is 0. The molecule has 3 nitrogen and oxygen atoms in total. The maximum atomic E-state index is 5.81. The number of hydrogen-bond donors (Lipinski definition) is 1. The summed E-state index contributed by atoms with van der Waals surface area (Å²) in [7, 11) is 3.42. The zero-order valence-corrected chi connectivity index (χ0v) is 14.6. The quantitative estimate of drug-likeness (QED) is 0.657. The fourth-order valence-corrected chi connectivity index (χ4v) is 2.91. The monoisotopic (exact) mass is 333 g/mol. The van der Waals surface area contributed by atoms with Crippen molar-refractivity contribution >= 4 is 5.69 Å². The Kier molecular flexibility index (Phi) is 5.70. The summed E-state index contributed by atoms with van der Waals surface area (Å²) in [6, 6.07) is 26.6. The van der Waals surface area contributed by atoms with Gasteiger partial charge in [0.2, 0.25) is 0 Å². The van der Waals surface area contributed by atoms with E-state index >= 15 is 0 Å². The lowest BCUT2D eigenvalue weighted by Crippen LogP contribution is -2.09. The van der Waals surface area contributed by atoms with Crippen LogP contribution >= 0.6 is 0 Å². The van der Waals surface area contributed by atoms with Crippen molar-refractivity contribution in [3.8, 4) is 5.75 Å². The molecule has 0 saturated heterocycles. The molecule has 25 heavy (non-hydrogen) atoms. The largest absolute Gasteiger partial charge is 0.497 e. The van der Waals surface area contributed by atoms with Crippen molar-refractivity contribution in [3.63, 3.8) is 0 Å². The molecule has 0 amide bonds. The SMILES string of the molecule is COc1ccc(C(OC)c2ccccc2)c(NCc2ccccc2)c1. The molecule has 0 heterocycles. The van der Waals surface area contributed by atoms with Crippen molar-refractivity contribution < 1.29 is 9.47 Å². The van der Waals surface area contributed by atoms with Gasteiger partial charge in [0.15, 0.2) is 0 Å². The molecule has 0 fully saturated rings. The minimum atomic E-state index is -0.134. The van der Waals surface area contributed by atoms with Gasteiger partial charge < -0.3 is 14.8 Å². The Morgan fingerprint density at radius 2 is 1.52 bits per heavy atom. The third kappa shape index (κ3) is 4.20. The minimum Gasteiger partial charge on any atom is -0.497 e. The Morgan fingerprint density at radius 1 is 0.840 bits per heavy atom. The van der Waals surface area contributed by atoms with Crippen LogP contribution in [0.3, 0.4) is 0 Å². The smallest absolute Gasteiger partial charge is 0.120 e. The molecule has 128 valence electrons. The van der Waals surface area contributed by atoms with E-state index in [9.17, 15) is 0 Å². The van der Waals surface area contributed by atoms with Crippen LogP contribution in [0, 0.1) is 0 Å². The van der Waals surface area contributed by atoms with E-state index in [4.69, 9.17) is 9.47 Å². The van der Waals surface area contributed by atoms with Gasteiger partial charge in [0.25, 0.3) is 0 Å². The fraction of sp³-hybridized carbons (Fsp3) is 0.182. The van der Waals surface area contributed by atoms with Crippen molar-refractivity contribution in [3.05, 3.63) is 95.6 Å². The molecule has 1 unspecified atom stereocenters. The predicted octanol–water partition coefficient (Wildman–Crippen LogP) is 5.04. The van der Waals surface area contributed by atoms with Crippen LogP contribution in [-0.2, 0) is 11.3 Å². The summed E-state index contributed by atoms with van der Waals surface area (Å²) < 4.78 is 11.2. The summed E-state index contributed by atoms with van der Waals surface area (Å²) in [5, 5.41) is 3.53. The van der Waals surface area contributed by atoms with Crippen LogP contribution in [0.1, 0.15) is 22.8 Å². The highest BCUT2D eigenvalue weighted by Crippen LogP contribution is 2.33. The lowest BCUT2D eigenvalue weighted by molar-refractivity contribution is 0.137. The zero-order chi connectivity index (χ0) is 17.5. The van der Waals surface area contributed by atoms with E-state index in [1.54, 1.807) is 14.2 Å². The first-order valence-corrected chi connectivity index (χ1v) is 8.35. The van der Waals surface area contributed by atoms with Gasteiger partial charge in [0.05, 0.1) is 7.11 Å². The number of benzene rings is 3. The van der Waals surface area contributed by atoms with Crippen LogP contribution in [-0.4, -0.2) is 14.2 Å². The second kappa shape index (κ2) is 8.36. The van der Waals surface area contributed by atoms with Crippen molar-refractivity contribution in [1.82, 2.24) is 0 Å². The molecule has 3 rings (SSSR count). The predicted molar refractivity (Wildman–Crippen MR) is 102 cm³/mol. The molecule has 0 aliphatic carbocycles. The van der Waals surface area contributed by atoms with Gasteiger partial charge in [-0.3, -0.25) is 0 Å². The van der Waals surface area contributed by atoms with E-state index in [2.05, 4.69) is 35.6 Å². The summed E-state index contributed by atoms with van der Waals surface area (Å²) in [6.45, 7) is 0.742. The van der Waals surface area contributed by atoms with E-state index in [-0.39, 0.29) is 6.10 Å². The Morgan fingerprint density at radius 3 is 2.16 bits per heavy atom. The Hall–Kier alpha value is -2.78. The Labute approximate surface area is 149 Å². The fourth-order valence-electron chi connectivity index (χ4n) is 2.91. The molecular weight excluding hydrogens is 310 g/mol. The van der Waals surface area contributed by atoms with Crippen molar-refractivity contribution in [2.45, 2.75) is 12.6 Å². The number of methoxy groups -OCH3 is 2. The average molecular weight is 333 g/mol. The molecule has 0 saturated carbocycles. The summed E-state index contributed by atoms with van der Waals surface area (Å²) in [5.41, 5.74) is 4.45. The van der Waals surface area contributed by atoms with Crippen LogP contribution in [0.25, 0.3) is 0 Å². The zero-order valence-electron chi connectivity index (χ0n) is 14.6. The number of hydrogen-bond acceptors (Lipinski definition) is 3. The van der Waals surface area contributed by atoms with Crippen LogP contribution in [0.5, 0.6) is 5.75 Å². The van der Waals surface area contributed by atoms with Gasteiger partial charge in [0.1, 0.15) is 11.9 Å². The van der Waals surface area contributed by atoms with Gasteiger partial charge in [-0.05, 0) is 17.2 Å². The van der Waals surface area contributed by atoms with E-state index in [0.717, 1.165) is 29.1 Å². The van der Waals surface area contributed by atoms with Crippen LogP contribution in [0.15, 0.2) is 78.9 Å². The molecule has 0 bridgehead atoms. The molecular formula is C22H23NO2. The highest BCUT2D eigenvalue weighted by atomic mass is 16.5. The molecule has 0 aliphatic rings. The third-order valence-electron chi connectivity index (χ3n) is 4.21. The van der Waals surface area contributed by atoms with Gasteiger partial charge in [-0.15, -0.1) is 0 Å². The van der Waals surface area contributed by atoms with Crippen molar-refractivity contribution in [2.75, 3.05) is 19.5 Å². The highest BCUT2D eigenvalue weighted by molar-refractivity contribution is 5.58.